The molecule has 8 nitrogen and oxygen atoms in total. The van der Waals surface area contributed by atoms with E-state index in [2.05, 4.69) is 0 Å². The fourth-order valence-corrected chi connectivity index (χ4v) is 3.69. The molecule has 2 N–H and O–H groups in total. The number of carbonyl (C=O) groups is 2. The molecule has 1 aromatic carbocycles. The Morgan fingerprint density at radius 1 is 1.07 bits per heavy atom. The number of aromatic nitrogens is 2. The van der Waals surface area contributed by atoms with Gasteiger partial charge in [-0.15, -0.1) is 11.3 Å². The summed E-state index contributed by atoms with van der Waals surface area (Å²) in [5.74, 6) is -1.57. The van der Waals surface area contributed by atoms with Crippen LogP contribution in [0.15, 0.2) is 57.4 Å². The standard InChI is InChI=1S/C21H21N3O5S/c1-2-23-20(27)18(16(25)13-29-17(26)11-15-9-6-10-30-15)19(22)24(21(23)28)12-14-7-4-3-5-8-14/h3-10H,2,11-13,22H2,1H3. The summed E-state index contributed by atoms with van der Waals surface area (Å²) in [5.41, 5.74) is 5.11. The van der Waals surface area contributed by atoms with Crippen molar-refractivity contribution in [2.24, 2.45) is 0 Å². The Balaban J connectivity index is 1.88. The molecule has 0 amide bonds. The average molecular weight is 427 g/mol. The predicted octanol–water partition coefficient (Wildman–Crippen LogP) is 1.69. The first-order valence-electron chi connectivity index (χ1n) is 9.30. The highest BCUT2D eigenvalue weighted by atomic mass is 32.1. The van der Waals surface area contributed by atoms with E-state index in [0.717, 1.165) is 15.0 Å². The molecule has 0 bridgehead atoms. The van der Waals surface area contributed by atoms with Crippen LogP contribution in [0.5, 0.6) is 0 Å². The lowest BCUT2D eigenvalue weighted by atomic mass is 10.2. The van der Waals surface area contributed by atoms with E-state index < -0.39 is 29.6 Å². The zero-order valence-corrected chi connectivity index (χ0v) is 17.2. The van der Waals surface area contributed by atoms with E-state index in [1.54, 1.807) is 25.1 Å². The summed E-state index contributed by atoms with van der Waals surface area (Å²) in [4.78, 5) is 50.9. The summed E-state index contributed by atoms with van der Waals surface area (Å²) in [6.07, 6.45) is 0.0348. The normalized spacial score (nSPS) is 10.7. The highest BCUT2D eigenvalue weighted by molar-refractivity contribution is 7.10. The molecular formula is C21H21N3O5S. The van der Waals surface area contributed by atoms with Crippen LogP contribution in [0.3, 0.4) is 0 Å². The smallest absolute Gasteiger partial charge is 0.332 e. The number of benzene rings is 1. The van der Waals surface area contributed by atoms with Gasteiger partial charge in [-0.2, -0.15) is 0 Å². The van der Waals surface area contributed by atoms with Crippen molar-refractivity contribution in [1.29, 1.82) is 0 Å². The second-order valence-electron chi connectivity index (χ2n) is 6.50. The van der Waals surface area contributed by atoms with Gasteiger partial charge in [-0.3, -0.25) is 23.5 Å². The van der Waals surface area contributed by atoms with E-state index in [4.69, 9.17) is 10.5 Å². The number of thiophene rings is 1. The van der Waals surface area contributed by atoms with E-state index in [1.165, 1.54) is 15.9 Å². The summed E-state index contributed by atoms with van der Waals surface area (Å²) in [6, 6.07) is 12.7. The maximum Gasteiger partial charge on any atom is 0.332 e. The van der Waals surface area contributed by atoms with Crippen LogP contribution in [-0.4, -0.2) is 27.5 Å². The molecular weight excluding hydrogens is 406 g/mol. The van der Waals surface area contributed by atoms with Crippen LogP contribution in [0.1, 0.15) is 27.7 Å². The number of esters is 1. The number of nitrogens with zero attached hydrogens (tertiary/aromatic N) is 2. The molecule has 0 radical (unpaired) electrons. The highest BCUT2D eigenvalue weighted by Gasteiger charge is 2.23. The number of rotatable bonds is 8. The average Bonchev–Trinajstić information content (AvgIpc) is 3.24. The lowest BCUT2D eigenvalue weighted by Crippen LogP contribution is -2.44. The largest absolute Gasteiger partial charge is 0.457 e. The summed E-state index contributed by atoms with van der Waals surface area (Å²) in [5, 5.41) is 1.83. The number of ketones is 1. The summed E-state index contributed by atoms with van der Waals surface area (Å²) in [6.45, 7) is 1.17. The van der Waals surface area contributed by atoms with Crippen LogP contribution < -0.4 is 17.0 Å². The first-order valence-corrected chi connectivity index (χ1v) is 10.2. The molecule has 30 heavy (non-hydrogen) atoms. The van der Waals surface area contributed by atoms with Crippen LogP contribution >= 0.6 is 11.3 Å². The summed E-state index contributed by atoms with van der Waals surface area (Å²) < 4.78 is 7.16. The van der Waals surface area contributed by atoms with E-state index in [9.17, 15) is 19.2 Å². The number of hydrogen-bond acceptors (Lipinski definition) is 7. The first-order chi connectivity index (χ1) is 14.4. The van der Waals surface area contributed by atoms with Gasteiger partial charge in [-0.25, -0.2) is 4.79 Å². The third-order valence-electron chi connectivity index (χ3n) is 4.51. The Morgan fingerprint density at radius 2 is 1.80 bits per heavy atom. The van der Waals surface area contributed by atoms with Crippen molar-refractivity contribution < 1.29 is 14.3 Å². The number of anilines is 1. The molecule has 9 heteroatoms. The van der Waals surface area contributed by atoms with E-state index >= 15 is 0 Å². The maximum absolute atomic E-state index is 12.7. The lowest BCUT2D eigenvalue weighted by molar-refractivity contribution is -0.141. The monoisotopic (exact) mass is 427 g/mol. The minimum Gasteiger partial charge on any atom is -0.457 e. The van der Waals surface area contributed by atoms with Crippen molar-refractivity contribution >= 4 is 28.9 Å². The number of nitrogen functional groups attached to an aromatic ring is 1. The summed E-state index contributed by atoms with van der Waals surface area (Å²) in [7, 11) is 0. The Labute approximate surface area is 176 Å². The third-order valence-corrected chi connectivity index (χ3v) is 5.39. The second-order valence-corrected chi connectivity index (χ2v) is 7.54. The Kier molecular flexibility index (Phi) is 6.63. The van der Waals surface area contributed by atoms with Crippen LogP contribution in [-0.2, 0) is 29.0 Å². The van der Waals surface area contributed by atoms with Crippen LogP contribution in [0.4, 0.5) is 5.82 Å². The van der Waals surface area contributed by atoms with Gasteiger partial charge in [-0.1, -0.05) is 36.4 Å². The molecule has 0 fully saturated rings. The Hall–Kier alpha value is -3.46. The Bertz CT molecular complexity index is 1160. The highest BCUT2D eigenvalue weighted by Crippen LogP contribution is 2.12. The molecule has 0 saturated carbocycles. The molecule has 0 aliphatic rings. The molecule has 156 valence electrons. The first kappa shape index (κ1) is 21.3. The van der Waals surface area contributed by atoms with Gasteiger partial charge in [0.1, 0.15) is 11.4 Å². The topological polar surface area (TPSA) is 113 Å². The Morgan fingerprint density at radius 3 is 2.43 bits per heavy atom. The molecule has 0 spiro atoms. The fraction of sp³-hybridized carbons (Fsp3) is 0.238. The number of hydrogen-bond donors (Lipinski definition) is 1. The second kappa shape index (κ2) is 9.36. The van der Waals surface area contributed by atoms with E-state index in [1.807, 2.05) is 29.6 Å². The molecule has 0 unspecified atom stereocenters. The fourth-order valence-electron chi connectivity index (χ4n) is 3.00. The predicted molar refractivity (Wildman–Crippen MR) is 114 cm³/mol. The number of carbonyl (C=O) groups excluding carboxylic acids is 2. The van der Waals surface area contributed by atoms with Gasteiger partial charge in [-0.05, 0) is 23.9 Å². The molecule has 3 aromatic rings. The van der Waals surface area contributed by atoms with Gasteiger partial charge >= 0.3 is 11.7 Å². The number of nitrogens with two attached hydrogens (primary N) is 1. The number of ether oxygens (including phenoxy) is 1. The quantitative estimate of drug-likeness (QED) is 0.432. The van der Waals surface area contributed by atoms with Crippen molar-refractivity contribution in [3.63, 3.8) is 0 Å². The SMILES string of the molecule is CCn1c(=O)c(C(=O)COC(=O)Cc2cccs2)c(N)n(Cc2ccccc2)c1=O. The molecule has 0 aliphatic heterocycles. The van der Waals surface area contributed by atoms with Crippen molar-refractivity contribution in [3.05, 3.63) is 84.7 Å². The van der Waals surface area contributed by atoms with Crippen molar-refractivity contribution in [1.82, 2.24) is 9.13 Å². The minimum atomic E-state index is -0.788. The molecule has 0 atom stereocenters. The van der Waals surface area contributed by atoms with Crippen LogP contribution in [0.2, 0.25) is 0 Å². The van der Waals surface area contributed by atoms with Gasteiger partial charge in [0, 0.05) is 11.4 Å². The maximum atomic E-state index is 12.7. The van der Waals surface area contributed by atoms with Crippen molar-refractivity contribution in [2.45, 2.75) is 26.4 Å². The van der Waals surface area contributed by atoms with Crippen LogP contribution in [0.25, 0.3) is 0 Å². The molecule has 0 saturated heterocycles. The third kappa shape index (κ3) is 4.57. The van der Waals surface area contributed by atoms with Gasteiger partial charge in [0.25, 0.3) is 5.56 Å². The van der Waals surface area contributed by atoms with E-state index in [-0.39, 0.29) is 30.9 Å². The van der Waals surface area contributed by atoms with Gasteiger partial charge < -0.3 is 10.5 Å². The lowest BCUT2D eigenvalue weighted by Gasteiger charge is -2.15. The molecule has 2 heterocycles. The van der Waals surface area contributed by atoms with Crippen molar-refractivity contribution in [2.75, 3.05) is 12.3 Å². The molecule has 3 rings (SSSR count). The van der Waals surface area contributed by atoms with Gasteiger partial charge in [0.05, 0.1) is 13.0 Å². The van der Waals surface area contributed by atoms with Crippen LogP contribution in [0, 0.1) is 0 Å². The summed E-state index contributed by atoms with van der Waals surface area (Å²) >= 11 is 1.40. The molecule has 0 aliphatic carbocycles. The molecule has 2 aromatic heterocycles. The van der Waals surface area contributed by atoms with Gasteiger partial charge in [0.15, 0.2) is 6.61 Å². The van der Waals surface area contributed by atoms with Crippen molar-refractivity contribution in [3.8, 4) is 0 Å². The van der Waals surface area contributed by atoms with Gasteiger partial charge in [0.2, 0.25) is 5.78 Å². The zero-order valence-electron chi connectivity index (χ0n) is 16.4. The number of Topliss-reactive ketones (excluding diaryl/α,β-unsaturated/α-hetero) is 1. The minimum absolute atomic E-state index is 0.0348. The van der Waals surface area contributed by atoms with E-state index in [0.29, 0.717) is 0 Å². The zero-order chi connectivity index (χ0) is 21.7.